The summed E-state index contributed by atoms with van der Waals surface area (Å²) in [6.07, 6.45) is 11.2. The average molecular weight is 1040 g/mol. The average Bonchev–Trinajstić information content (AvgIpc) is 4.06. The number of amides is 1. The first-order chi connectivity index (χ1) is 35.4. The molecule has 0 radical (unpaired) electrons. The first-order valence-electron chi connectivity index (χ1n) is 25.6. The van der Waals surface area contributed by atoms with Gasteiger partial charge in [0.15, 0.2) is 0 Å². The van der Waals surface area contributed by atoms with Gasteiger partial charge in [0.05, 0.1) is 33.5 Å². The second-order valence-electron chi connectivity index (χ2n) is 21.2. The van der Waals surface area contributed by atoms with Crippen LogP contribution in [0.25, 0.3) is 11.0 Å². The maximum Gasteiger partial charge on any atom is 0.293 e. The highest BCUT2D eigenvalue weighted by atomic mass is 32.2. The Balaban J connectivity index is 0.852. The number of halogens is 2. The van der Waals surface area contributed by atoms with Crippen molar-refractivity contribution in [2.45, 2.75) is 107 Å². The molecule has 1 aliphatic carbocycles. The molecule has 1 saturated carbocycles. The molecule has 3 aliphatic heterocycles. The molecule has 20 heteroatoms. The van der Waals surface area contributed by atoms with Gasteiger partial charge in [-0.15, -0.1) is 0 Å². The van der Waals surface area contributed by atoms with Gasteiger partial charge in [0, 0.05) is 125 Å². The smallest absolute Gasteiger partial charge is 0.293 e. The van der Waals surface area contributed by atoms with Gasteiger partial charge in [-0.3, -0.25) is 29.4 Å². The third-order valence-corrected chi connectivity index (χ3v) is 17.0. The van der Waals surface area contributed by atoms with Crippen LogP contribution in [0, 0.1) is 21.3 Å². The van der Waals surface area contributed by atoms with E-state index in [2.05, 4.69) is 88.3 Å². The minimum atomic E-state index is -4.78. The van der Waals surface area contributed by atoms with Crippen molar-refractivity contribution in [1.82, 2.24) is 34.3 Å². The van der Waals surface area contributed by atoms with E-state index in [9.17, 15) is 23.3 Å². The van der Waals surface area contributed by atoms with E-state index in [0.29, 0.717) is 42.1 Å². The van der Waals surface area contributed by atoms with E-state index >= 15 is 8.78 Å². The Kier molecular flexibility index (Phi) is 14.3. The number of anilines is 2. The summed E-state index contributed by atoms with van der Waals surface area (Å²) in [5.41, 5.74) is 2.05. The zero-order chi connectivity index (χ0) is 51.9. The lowest BCUT2D eigenvalue weighted by Gasteiger charge is -2.58. The highest BCUT2D eigenvalue weighted by Gasteiger charge is 2.50. The van der Waals surface area contributed by atoms with Crippen molar-refractivity contribution in [2.75, 3.05) is 62.7 Å². The number of piperazine rings is 1. The van der Waals surface area contributed by atoms with E-state index in [-0.39, 0.29) is 66.9 Å². The summed E-state index contributed by atoms with van der Waals surface area (Å²) in [5.74, 6) is -1.49. The number of ether oxygens (including phenoxy) is 2. The zero-order valence-corrected chi connectivity index (χ0v) is 43.0. The predicted octanol–water partition coefficient (Wildman–Crippen LogP) is 9.66. The molecular formula is C54H64F2N10O7S. The van der Waals surface area contributed by atoms with E-state index in [1.54, 1.807) is 18.3 Å². The Morgan fingerprint density at radius 3 is 2.49 bits per heavy atom. The van der Waals surface area contributed by atoms with Gasteiger partial charge < -0.3 is 24.7 Å². The van der Waals surface area contributed by atoms with Crippen LogP contribution in [0.5, 0.6) is 11.5 Å². The Morgan fingerprint density at radius 1 is 0.986 bits per heavy atom. The number of fused-ring (bicyclic) bond motifs is 1. The molecule has 10 rings (SSSR count). The lowest BCUT2D eigenvalue weighted by atomic mass is 9.59. The molecule has 3 aromatic heterocycles. The molecule has 6 aromatic rings. The van der Waals surface area contributed by atoms with Crippen LogP contribution in [0.4, 0.5) is 25.8 Å². The van der Waals surface area contributed by atoms with E-state index < -0.39 is 48.5 Å². The molecule has 4 aliphatic rings. The number of aromatic amines is 1. The Bertz CT molecular complexity index is 3140. The summed E-state index contributed by atoms with van der Waals surface area (Å²) in [5, 5.41) is 20.2. The summed E-state index contributed by atoms with van der Waals surface area (Å²) in [6, 6.07) is 18.7. The number of nitrogens with zero attached hydrogens (tertiary/aromatic N) is 7. The normalized spacial score (nSPS) is 19.5. The number of carbonyl (C=O) groups is 1. The molecule has 4 fully saturated rings. The van der Waals surface area contributed by atoms with Gasteiger partial charge >= 0.3 is 0 Å². The maximum atomic E-state index is 16.6. The van der Waals surface area contributed by atoms with E-state index in [1.165, 1.54) is 29.0 Å². The van der Waals surface area contributed by atoms with Crippen LogP contribution in [0.2, 0.25) is 0 Å². The quantitative estimate of drug-likeness (QED) is 0.0614. The number of hydrogen-bond acceptors (Lipinski definition) is 13. The van der Waals surface area contributed by atoms with Gasteiger partial charge in [0.2, 0.25) is 0 Å². The maximum absolute atomic E-state index is 16.6. The number of rotatable bonds is 16. The molecule has 392 valence electrons. The van der Waals surface area contributed by atoms with Crippen LogP contribution in [0.3, 0.4) is 0 Å². The number of carbonyl (C=O) groups excluding carboxylic acids is 1. The van der Waals surface area contributed by atoms with Crippen LogP contribution < -0.4 is 19.7 Å². The summed E-state index contributed by atoms with van der Waals surface area (Å²) >= 11 is 0. The Morgan fingerprint density at radius 2 is 1.76 bits per heavy atom. The first-order valence-corrected chi connectivity index (χ1v) is 27.1. The molecule has 0 unspecified atom stereocenters. The van der Waals surface area contributed by atoms with Crippen LogP contribution in [-0.4, -0.2) is 113 Å². The minimum absolute atomic E-state index is 0.0943. The molecule has 6 heterocycles. The van der Waals surface area contributed by atoms with E-state index in [0.717, 1.165) is 76.1 Å². The minimum Gasteiger partial charge on any atom is -0.455 e. The molecule has 1 spiro atoms. The van der Waals surface area contributed by atoms with Crippen LogP contribution in [0.15, 0.2) is 96.4 Å². The zero-order valence-electron chi connectivity index (χ0n) is 42.2. The lowest BCUT2D eigenvalue weighted by Crippen LogP contribution is -2.60. The summed E-state index contributed by atoms with van der Waals surface area (Å²) in [7, 11) is -4.78. The number of sulfonamides is 1. The predicted molar refractivity (Wildman–Crippen MR) is 277 cm³/mol. The van der Waals surface area contributed by atoms with Crippen LogP contribution >= 0.6 is 0 Å². The molecule has 3 N–H and O–H groups in total. The number of nitrogens with one attached hydrogen (secondary N) is 3. The fourth-order valence-electron chi connectivity index (χ4n) is 11.4. The van der Waals surface area contributed by atoms with Crippen molar-refractivity contribution in [2.24, 2.45) is 5.41 Å². The Hall–Kier alpha value is -6.48. The van der Waals surface area contributed by atoms with Crippen molar-refractivity contribution >= 4 is 44.0 Å². The van der Waals surface area contributed by atoms with Crippen molar-refractivity contribution in [3.05, 3.63) is 130 Å². The monoisotopic (exact) mass is 1030 g/mol. The largest absolute Gasteiger partial charge is 0.455 e. The third kappa shape index (κ3) is 10.7. The lowest BCUT2D eigenvalue weighted by molar-refractivity contribution is -0.384. The molecular weight excluding hydrogens is 971 g/mol. The summed E-state index contributed by atoms with van der Waals surface area (Å²) in [4.78, 5) is 39.5. The standard InChI is InChI=1S/C54H64F2N10O7S/c1-35(2)42-7-5-6-8-43(42)49-33-62(31-37-29-60-65(32-37)36(3)4)19-20-64(49)39-27-53(28-39)12-17-63(18-13-53)47-26-50(73-40-23-38-11-16-57-51(38)58-30-40)44(25-45(47)55)52(67)61-74(70,71)41-9-10-46(48(24-41)66(68)69)59-34-54(56)14-21-72-22-15-54/h5-11,16,23-26,29-30,32,35-36,39,49,59H,12-15,17-22,27-28,31,33-34H2,1-4H3,(H,57,58)(H,61,67)/t49-/m0/s1. The molecule has 3 saturated heterocycles. The number of alkyl halides is 1. The van der Waals surface area contributed by atoms with E-state index in [4.69, 9.17) is 9.47 Å². The fourth-order valence-corrected chi connectivity index (χ4v) is 12.4. The first kappa shape index (κ1) is 51.0. The molecule has 1 amide bonds. The number of nitro groups is 1. The summed E-state index contributed by atoms with van der Waals surface area (Å²) in [6.45, 7) is 13.7. The van der Waals surface area contributed by atoms with Gasteiger partial charge in [-0.05, 0) is 92.3 Å². The number of piperidine rings is 1. The third-order valence-electron chi connectivity index (χ3n) is 15.6. The van der Waals surface area contributed by atoms with Gasteiger partial charge in [-0.1, -0.05) is 38.1 Å². The van der Waals surface area contributed by atoms with Crippen molar-refractivity contribution < 1.29 is 36.4 Å². The van der Waals surface area contributed by atoms with Crippen LogP contribution in [0.1, 0.15) is 111 Å². The molecule has 17 nitrogen and oxygen atoms in total. The van der Waals surface area contributed by atoms with E-state index in [1.807, 2.05) is 20.5 Å². The number of nitro benzene ring substituents is 1. The van der Waals surface area contributed by atoms with Crippen molar-refractivity contribution in [3.63, 3.8) is 0 Å². The van der Waals surface area contributed by atoms with Gasteiger partial charge in [0.1, 0.15) is 34.3 Å². The Labute approximate surface area is 429 Å². The van der Waals surface area contributed by atoms with Gasteiger partial charge in [-0.2, -0.15) is 5.10 Å². The fraction of sp³-hybridized carbons (Fsp3) is 0.463. The second kappa shape index (κ2) is 20.7. The molecule has 3 aromatic carbocycles. The molecule has 74 heavy (non-hydrogen) atoms. The second-order valence-corrected chi connectivity index (χ2v) is 22.9. The highest BCUT2D eigenvalue weighted by Crippen LogP contribution is 2.54. The number of pyridine rings is 1. The van der Waals surface area contributed by atoms with Gasteiger partial charge in [0.25, 0.3) is 21.6 Å². The summed E-state index contributed by atoms with van der Waals surface area (Å²) < 4.78 is 74.9. The number of benzene rings is 3. The van der Waals surface area contributed by atoms with Gasteiger partial charge in [-0.25, -0.2) is 26.9 Å². The number of aromatic nitrogens is 4. The van der Waals surface area contributed by atoms with Crippen molar-refractivity contribution in [3.8, 4) is 11.5 Å². The molecule has 1 atom stereocenters. The van der Waals surface area contributed by atoms with Crippen molar-refractivity contribution in [1.29, 1.82) is 0 Å². The topological polar surface area (TPSA) is 193 Å². The SMILES string of the molecule is CC(C)c1ccccc1[C@@H]1CN(Cc2cnn(C(C)C)c2)CCN1C1CC2(CCN(c3cc(Oc4cnc5[nH]ccc5c4)c(C(=O)NS(=O)(=O)c4ccc(NCC5(F)CCOCC5)c([N+](=O)[O-])c4)cc3F)CC2)C1. The number of H-pyrrole nitrogens is 1. The number of hydrogen-bond donors (Lipinski definition) is 3. The molecule has 0 bridgehead atoms. The highest BCUT2D eigenvalue weighted by molar-refractivity contribution is 7.90. The van der Waals surface area contributed by atoms with Crippen LogP contribution in [-0.2, 0) is 21.3 Å².